The Kier molecular flexibility index (Phi) is 3.26. The maximum Gasteiger partial charge on any atom is 0.181 e. The number of nitrogen functional groups attached to an aromatic ring is 1. The Labute approximate surface area is 161 Å². The summed E-state index contributed by atoms with van der Waals surface area (Å²) in [7, 11) is 0. The van der Waals surface area contributed by atoms with Gasteiger partial charge in [-0.3, -0.25) is 5.10 Å². The van der Waals surface area contributed by atoms with E-state index in [0.29, 0.717) is 23.0 Å². The third kappa shape index (κ3) is 2.29. The van der Waals surface area contributed by atoms with Crippen molar-refractivity contribution in [2.75, 3.05) is 11.1 Å². The topological polar surface area (TPSA) is 79.6 Å². The number of nitrogens with two attached hydrogens (primary N) is 1. The number of hydrogen-bond acceptors (Lipinski definition) is 5. The Morgan fingerprint density at radius 1 is 1.11 bits per heavy atom. The number of benzene rings is 2. The predicted octanol–water partition coefficient (Wildman–Crippen LogP) is 5.20. The summed E-state index contributed by atoms with van der Waals surface area (Å²) in [6.07, 6.45) is 7.14. The highest BCUT2D eigenvalue weighted by atomic mass is 32.1. The van der Waals surface area contributed by atoms with Crippen LogP contribution in [0.5, 0.6) is 0 Å². The zero-order valence-corrected chi connectivity index (χ0v) is 15.7. The summed E-state index contributed by atoms with van der Waals surface area (Å²) in [5.74, 6) is 1.19. The lowest BCUT2D eigenvalue weighted by Crippen LogP contribution is -2.33. The number of hydrogen-bond donors (Lipinski definition) is 3. The van der Waals surface area contributed by atoms with Crippen molar-refractivity contribution in [2.24, 2.45) is 5.92 Å². The van der Waals surface area contributed by atoms with Gasteiger partial charge in [0.1, 0.15) is 0 Å². The summed E-state index contributed by atoms with van der Waals surface area (Å²) in [5, 5.41) is 13.2. The van der Waals surface area contributed by atoms with Gasteiger partial charge >= 0.3 is 0 Å². The number of aromatic amines is 1. The Morgan fingerprint density at radius 3 is 3.00 bits per heavy atom. The minimum Gasteiger partial charge on any atom is -0.378 e. The molecule has 6 rings (SSSR count). The molecule has 27 heavy (non-hydrogen) atoms. The zero-order chi connectivity index (χ0) is 18.0. The molecule has 3 heterocycles. The largest absolute Gasteiger partial charge is 0.378 e. The number of anilines is 2. The van der Waals surface area contributed by atoms with Gasteiger partial charge in [0.25, 0.3) is 0 Å². The van der Waals surface area contributed by atoms with E-state index in [1.807, 2.05) is 6.20 Å². The van der Waals surface area contributed by atoms with Crippen molar-refractivity contribution >= 4 is 43.3 Å². The summed E-state index contributed by atoms with van der Waals surface area (Å²) in [6.45, 7) is 0. The molecule has 0 amide bonds. The molecule has 1 aliphatic carbocycles. The summed E-state index contributed by atoms with van der Waals surface area (Å²) in [4.78, 5) is 4.41. The molecule has 0 spiro atoms. The standard InChI is InChI=1S/C21H21N5S/c22-21-25-16-6-5-11(9-18(16)27-21)20-13-4-2-1-3-12(13)19-14-10-23-26-15(14)7-8-17(19)24-20/h5-10,12-13,20,24H,1-4H2,(H2,22,25)(H,23,26)/t12?,13-,20+/m1/s1. The summed E-state index contributed by atoms with van der Waals surface area (Å²) in [5.41, 5.74) is 12.1. The second-order valence-electron chi connectivity index (χ2n) is 7.81. The normalized spacial score (nSPS) is 24.5. The molecule has 0 radical (unpaired) electrons. The van der Waals surface area contributed by atoms with Crippen LogP contribution in [0, 0.1) is 5.92 Å². The van der Waals surface area contributed by atoms with Crippen LogP contribution in [0.2, 0.25) is 0 Å². The fraction of sp³-hybridized carbons (Fsp3) is 0.333. The van der Waals surface area contributed by atoms with E-state index in [0.717, 1.165) is 11.0 Å². The number of H-pyrrole nitrogens is 1. The van der Waals surface area contributed by atoms with Gasteiger partial charge in [-0.05, 0) is 60.1 Å². The van der Waals surface area contributed by atoms with E-state index in [-0.39, 0.29) is 0 Å². The molecular weight excluding hydrogens is 354 g/mol. The van der Waals surface area contributed by atoms with Crippen molar-refractivity contribution in [1.29, 1.82) is 0 Å². The monoisotopic (exact) mass is 375 g/mol. The van der Waals surface area contributed by atoms with Gasteiger partial charge in [-0.1, -0.05) is 30.2 Å². The molecule has 1 fully saturated rings. The van der Waals surface area contributed by atoms with Crippen LogP contribution in [0.15, 0.2) is 36.5 Å². The maximum absolute atomic E-state index is 5.91. The molecule has 1 aliphatic heterocycles. The van der Waals surface area contributed by atoms with Crippen molar-refractivity contribution in [3.63, 3.8) is 0 Å². The van der Waals surface area contributed by atoms with Gasteiger partial charge in [0.05, 0.1) is 28.0 Å². The molecule has 3 atom stereocenters. The van der Waals surface area contributed by atoms with E-state index in [9.17, 15) is 0 Å². The fourth-order valence-corrected chi connectivity index (χ4v) is 6.02. The average Bonchev–Trinajstić information content (AvgIpc) is 3.31. The predicted molar refractivity (Wildman–Crippen MR) is 111 cm³/mol. The SMILES string of the molecule is Nc1nc2ccc([C@@H]3Nc4ccc5[nH]ncc5c4C4CCCC[C@H]43)cc2s1. The second-order valence-corrected chi connectivity index (χ2v) is 8.88. The van der Waals surface area contributed by atoms with Crippen molar-refractivity contribution in [2.45, 2.75) is 37.6 Å². The van der Waals surface area contributed by atoms with Gasteiger partial charge in [0.15, 0.2) is 5.13 Å². The van der Waals surface area contributed by atoms with Crippen molar-refractivity contribution in [1.82, 2.24) is 15.2 Å². The maximum atomic E-state index is 5.91. The minimum absolute atomic E-state index is 0.333. The van der Waals surface area contributed by atoms with E-state index in [1.54, 1.807) is 11.3 Å². The first-order valence-electron chi connectivity index (χ1n) is 9.66. The van der Waals surface area contributed by atoms with E-state index >= 15 is 0 Å². The van der Waals surface area contributed by atoms with Crippen LogP contribution in [0.4, 0.5) is 10.8 Å². The first-order chi connectivity index (χ1) is 13.3. The fourth-order valence-electron chi connectivity index (χ4n) is 5.24. The van der Waals surface area contributed by atoms with Crippen molar-refractivity contribution in [3.8, 4) is 0 Å². The van der Waals surface area contributed by atoms with Crippen LogP contribution in [0.1, 0.15) is 48.8 Å². The van der Waals surface area contributed by atoms with E-state index in [2.05, 4.69) is 50.8 Å². The van der Waals surface area contributed by atoms with Gasteiger partial charge < -0.3 is 11.1 Å². The Bertz CT molecular complexity index is 1160. The molecule has 4 aromatic rings. The third-order valence-corrected chi connectivity index (χ3v) is 7.23. The summed E-state index contributed by atoms with van der Waals surface area (Å²) in [6, 6.07) is 11.3. The van der Waals surface area contributed by atoms with Gasteiger partial charge in [0, 0.05) is 11.1 Å². The molecule has 136 valence electrons. The first-order valence-corrected chi connectivity index (χ1v) is 10.5. The van der Waals surface area contributed by atoms with Crippen LogP contribution in [-0.2, 0) is 0 Å². The molecule has 4 N–H and O–H groups in total. The molecule has 0 bridgehead atoms. The van der Waals surface area contributed by atoms with Crippen molar-refractivity contribution in [3.05, 3.63) is 47.7 Å². The number of thiazole rings is 1. The lowest BCUT2D eigenvalue weighted by atomic mass is 9.67. The quantitative estimate of drug-likeness (QED) is 0.427. The van der Waals surface area contributed by atoms with Gasteiger partial charge in [-0.15, -0.1) is 0 Å². The lowest BCUT2D eigenvalue weighted by Gasteiger charge is -2.44. The molecule has 2 aromatic carbocycles. The van der Waals surface area contributed by atoms with E-state index < -0.39 is 0 Å². The first kappa shape index (κ1) is 15.5. The average molecular weight is 376 g/mol. The molecule has 1 saturated carbocycles. The van der Waals surface area contributed by atoms with Crippen LogP contribution < -0.4 is 11.1 Å². The van der Waals surface area contributed by atoms with Crippen LogP contribution >= 0.6 is 11.3 Å². The summed E-state index contributed by atoms with van der Waals surface area (Å²) < 4.78 is 1.18. The van der Waals surface area contributed by atoms with Crippen molar-refractivity contribution < 1.29 is 0 Å². The number of fused-ring (bicyclic) bond motifs is 6. The number of nitrogens with one attached hydrogen (secondary N) is 2. The van der Waals surface area contributed by atoms with E-state index in [4.69, 9.17) is 5.73 Å². The molecule has 6 heteroatoms. The molecule has 1 unspecified atom stereocenters. The van der Waals surface area contributed by atoms with Gasteiger partial charge in [-0.2, -0.15) is 5.10 Å². The molecule has 2 aliphatic rings. The molecule has 2 aromatic heterocycles. The lowest BCUT2D eigenvalue weighted by molar-refractivity contribution is 0.267. The molecular formula is C21H21N5S. The number of nitrogens with zero attached hydrogens (tertiary/aromatic N) is 2. The smallest absolute Gasteiger partial charge is 0.181 e. The second kappa shape index (κ2) is 5.70. The van der Waals surface area contributed by atoms with Crippen LogP contribution in [0.3, 0.4) is 0 Å². The van der Waals surface area contributed by atoms with Gasteiger partial charge in [0.2, 0.25) is 0 Å². The van der Waals surface area contributed by atoms with Crippen LogP contribution in [-0.4, -0.2) is 15.2 Å². The molecule has 0 saturated heterocycles. The zero-order valence-electron chi connectivity index (χ0n) is 14.9. The third-order valence-electron chi connectivity index (χ3n) is 6.38. The minimum atomic E-state index is 0.333. The number of rotatable bonds is 1. The molecule has 5 nitrogen and oxygen atoms in total. The van der Waals surface area contributed by atoms with Gasteiger partial charge in [-0.25, -0.2) is 4.98 Å². The Hall–Kier alpha value is -2.60. The number of aromatic nitrogens is 3. The highest BCUT2D eigenvalue weighted by Gasteiger charge is 2.39. The highest BCUT2D eigenvalue weighted by molar-refractivity contribution is 7.22. The van der Waals surface area contributed by atoms with Crippen LogP contribution in [0.25, 0.3) is 21.1 Å². The highest BCUT2D eigenvalue weighted by Crippen LogP contribution is 2.53. The summed E-state index contributed by atoms with van der Waals surface area (Å²) >= 11 is 1.57. The Morgan fingerprint density at radius 2 is 2.04 bits per heavy atom. The Balaban J connectivity index is 1.51. The van der Waals surface area contributed by atoms with E-state index in [1.165, 1.54) is 52.6 Å².